The van der Waals surface area contributed by atoms with Crippen LogP contribution in [0.4, 0.5) is 0 Å². The van der Waals surface area contributed by atoms with Crippen LogP contribution in [-0.2, 0) is 9.53 Å². The van der Waals surface area contributed by atoms with Gasteiger partial charge in [0.25, 0.3) is 0 Å². The van der Waals surface area contributed by atoms with Crippen LogP contribution in [-0.4, -0.2) is 44.4 Å². The minimum absolute atomic E-state index is 0.255. The van der Waals surface area contributed by atoms with E-state index in [2.05, 4.69) is 0 Å². The van der Waals surface area contributed by atoms with Crippen LogP contribution in [0.5, 0.6) is 5.75 Å². The lowest BCUT2D eigenvalue weighted by Gasteiger charge is -2.29. The molecule has 0 aromatic heterocycles. The lowest BCUT2D eigenvalue weighted by molar-refractivity contribution is -0.905. The van der Waals surface area contributed by atoms with Gasteiger partial charge in [0, 0.05) is 11.9 Å². The number of carbonyl (C=O) groups is 1. The number of nitrogens with zero attached hydrogens (tertiary/aromatic N) is 1. The Bertz CT molecular complexity index is 446. The topological polar surface area (TPSA) is 35.5 Å². The van der Waals surface area contributed by atoms with E-state index in [0.29, 0.717) is 29.4 Å². The second kappa shape index (κ2) is 6.78. The quantitative estimate of drug-likeness (QED) is 0.458. The van der Waals surface area contributed by atoms with E-state index in [9.17, 15) is 4.79 Å². The molecule has 0 saturated heterocycles. The molecule has 0 aliphatic carbocycles. The smallest absolute Gasteiger partial charge is 0.302 e. The molecule has 0 aliphatic heterocycles. The number of carbonyl (C=O) groups excluding carboxylic acids is 1. The normalized spacial score (nSPS) is 11.2. The first-order valence-corrected chi connectivity index (χ1v) is 6.52. The number of ether oxygens (including phenoxy) is 2. The molecule has 0 N–H and O–H groups in total. The summed E-state index contributed by atoms with van der Waals surface area (Å²) in [5.41, 5.74) is 1.01. The number of esters is 1. The minimum atomic E-state index is -0.255. The van der Waals surface area contributed by atoms with E-state index < -0.39 is 0 Å². The van der Waals surface area contributed by atoms with Gasteiger partial charge in [-0.1, -0.05) is 11.6 Å². The fourth-order valence-electron chi connectivity index (χ4n) is 1.52. The van der Waals surface area contributed by atoms with Crippen molar-refractivity contribution in [3.8, 4) is 5.75 Å². The number of likely N-dealkylation sites (N-methyl/N-ethyl adjacent to an activating group) is 1. The number of hydrogen-bond acceptors (Lipinski definition) is 3. The Balaban J connectivity index is 2.47. The summed E-state index contributed by atoms with van der Waals surface area (Å²) in [6.07, 6.45) is 0. The molecule has 0 fully saturated rings. The number of rotatable bonds is 6. The van der Waals surface area contributed by atoms with Gasteiger partial charge in [0.1, 0.15) is 18.9 Å². The molecule has 1 aromatic carbocycles. The summed E-state index contributed by atoms with van der Waals surface area (Å²) in [6, 6.07) is 5.54. The SMILES string of the molecule is CC(=O)OCC[N+](C)(C)COc1ccc(Cl)cc1C. The predicted octanol–water partition coefficient (Wildman–Crippen LogP) is 2.62. The van der Waals surface area contributed by atoms with E-state index >= 15 is 0 Å². The van der Waals surface area contributed by atoms with Gasteiger partial charge in [-0.3, -0.25) is 9.28 Å². The summed E-state index contributed by atoms with van der Waals surface area (Å²) in [4.78, 5) is 10.7. The molecular formula is C14H21ClNO3+. The van der Waals surface area contributed by atoms with Crippen molar-refractivity contribution in [2.24, 2.45) is 0 Å². The van der Waals surface area contributed by atoms with Gasteiger partial charge >= 0.3 is 5.97 Å². The Morgan fingerprint density at radius 3 is 2.63 bits per heavy atom. The molecule has 0 aliphatic rings. The summed E-state index contributed by atoms with van der Waals surface area (Å²) in [5, 5.41) is 0.702. The van der Waals surface area contributed by atoms with Gasteiger partial charge in [0.2, 0.25) is 6.73 Å². The van der Waals surface area contributed by atoms with Gasteiger partial charge in [-0.2, -0.15) is 0 Å². The van der Waals surface area contributed by atoms with Crippen molar-refractivity contribution < 1.29 is 18.8 Å². The molecule has 0 heterocycles. The van der Waals surface area contributed by atoms with E-state index in [4.69, 9.17) is 21.1 Å². The third kappa shape index (κ3) is 5.94. The zero-order valence-corrected chi connectivity index (χ0v) is 12.7. The average Bonchev–Trinajstić information content (AvgIpc) is 2.27. The summed E-state index contributed by atoms with van der Waals surface area (Å²) in [7, 11) is 4.05. The van der Waals surface area contributed by atoms with Gasteiger partial charge in [0.05, 0.1) is 14.1 Å². The lowest BCUT2D eigenvalue weighted by Crippen LogP contribution is -2.45. The van der Waals surface area contributed by atoms with Crippen LogP contribution >= 0.6 is 11.6 Å². The predicted molar refractivity (Wildman–Crippen MR) is 75.3 cm³/mol. The summed E-state index contributed by atoms with van der Waals surface area (Å²) >= 11 is 5.90. The van der Waals surface area contributed by atoms with Crippen molar-refractivity contribution in [1.29, 1.82) is 0 Å². The largest absolute Gasteiger partial charge is 0.460 e. The number of quaternary nitrogens is 1. The lowest BCUT2D eigenvalue weighted by atomic mass is 10.2. The Hall–Kier alpha value is -1.26. The molecule has 0 amide bonds. The van der Waals surface area contributed by atoms with Crippen LogP contribution in [0.25, 0.3) is 0 Å². The minimum Gasteiger partial charge on any atom is -0.460 e. The summed E-state index contributed by atoms with van der Waals surface area (Å²) in [6.45, 7) is 4.97. The molecule has 0 unspecified atom stereocenters. The molecule has 0 saturated carbocycles. The molecular weight excluding hydrogens is 266 g/mol. The number of benzene rings is 1. The van der Waals surface area contributed by atoms with Crippen molar-refractivity contribution in [2.45, 2.75) is 13.8 Å². The van der Waals surface area contributed by atoms with Crippen molar-refractivity contribution in [2.75, 3.05) is 34.0 Å². The van der Waals surface area contributed by atoms with E-state index in [0.717, 1.165) is 11.3 Å². The third-order valence-electron chi connectivity index (χ3n) is 2.71. The number of hydrogen-bond donors (Lipinski definition) is 0. The monoisotopic (exact) mass is 286 g/mol. The molecule has 1 rings (SSSR count). The Morgan fingerprint density at radius 1 is 1.37 bits per heavy atom. The van der Waals surface area contributed by atoms with Gasteiger partial charge < -0.3 is 9.47 Å². The maximum atomic E-state index is 10.7. The molecule has 19 heavy (non-hydrogen) atoms. The highest BCUT2D eigenvalue weighted by Gasteiger charge is 2.16. The number of aryl methyl sites for hydroxylation is 1. The van der Waals surface area contributed by atoms with Crippen LogP contribution in [0.3, 0.4) is 0 Å². The molecule has 5 heteroatoms. The summed E-state index contributed by atoms with van der Waals surface area (Å²) < 4.78 is 11.3. The van der Waals surface area contributed by atoms with Gasteiger partial charge in [0.15, 0.2) is 0 Å². The molecule has 0 bridgehead atoms. The Kier molecular flexibility index (Phi) is 5.63. The van der Waals surface area contributed by atoms with E-state index in [-0.39, 0.29) is 5.97 Å². The molecule has 1 aromatic rings. The Morgan fingerprint density at radius 2 is 2.05 bits per heavy atom. The first kappa shape index (κ1) is 15.8. The summed E-state index contributed by atoms with van der Waals surface area (Å²) in [5.74, 6) is 0.567. The zero-order valence-electron chi connectivity index (χ0n) is 11.9. The van der Waals surface area contributed by atoms with Crippen molar-refractivity contribution >= 4 is 17.6 Å². The van der Waals surface area contributed by atoms with Gasteiger partial charge in [-0.05, 0) is 30.7 Å². The Labute approximate surface area is 119 Å². The maximum absolute atomic E-state index is 10.7. The second-order valence-corrected chi connectivity index (χ2v) is 5.62. The second-order valence-electron chi connectivity index (χ2n) is 5.18. The van der Waals surface area contributed by atoms with Gasteiger partial charge in [-0.15, -0.1) is 0 Å². The zero-order chi connectivity index (χ0) is 14.5. The number of halogens is 1. The first-order valence-electron chi connectivity index (χ1n) is 6.14. The van der Waals surface area contributed by atoms with Crippen molar-refractivity contribution in [3.05, 3.63) is 28.8 Å². The molecule has 0 radical (unpaired) electrons. The van der Waals surface area contributed by atoms with Crippen LogP contribution in [0.15, 0.2) is 18.2 Å². The fourth-order valence-corrected chi connectivity index (χ4v) is 1.75. The van der Waals surface area contributed by atoms with Crippen LogP contribution < -0.4 is 4.74 Å². The molecule has 0 spiro atoms. The average molecular weight is 287 g/mol. The third-order valence-corrected chi connectivity index (χ3v) is 2.94. The fraction of sp³-hybridized carbons (Fsp3) is 0.500. The van der Waals surface area contributed by atoms with Gasteiger partial charge in [-0.25, -0.2) is 0 Å². The van der Waals surface area contributed by atoms with Crippen LogP contribution in [0, 0.1) is 6.92 Å². The maximum Gasteiger partial charge on any atom is 0.302 e. The van der Waals surface area contributed by atoms with E-state index in [1.807, 2.05) is 39.2 Å². The van der Waals surface area contributed by atoms with Crippen molar-refractivity contribution in [1.82, 2.24) is 0 Å². The van der Waals surface area contributed by atoms with E-state index in [1.165, 1.54) is 6.92 Å². The standard InChI is InChI=1S/C14H21ClNO3/c1-11-9-13(15)5-6-14(11)19-10-16(3,4)7-8-18-12(2)17/h5-6,9H,7-8,10H2,1-4H3/q+1. The molecule has 4 nitrogen and oxygen atoms in total. The first-order chi connectivity index (χ1) is 8.80. The van der Waals surface area contributed by atoms with Crippen LogP contribution in [0.2, 0.25) is 5.02 Å². The van der Waals surface area contributed by atoms with Crippen molar-refractivity contribution in [3.63, 3.8) is 0 Å². The molecule has 106 valence electrons. The highest BCUT2D eigenvalue weighted by atomic mass is 35.5. The van der Waals surface area contributed by atoms with E-state index in [1.54, 1.807) is 0 Å². The highest BCUT2D eigenvalue weighted by Crippen LogP contribution is 2.22. The molecule has 0 atom stereocenters. The highest BCUT2D eigenvalue weighted by molar-refractivity contribution is 6.30. The van der Waals surface area contributed by atoms with Crippen LogP contribution in [0.1, 0.15) is 12.5 Å².